The predicted molar refractivity (Wildman–Crippen MR) is 100 cm³/mol. The predicted octanol–water partition coefficient (Wildman–Crippen LogP) is 3.49. The van der Waals surface area contributed by atoms with Gasteiger partial charge < -0.3 is 5.32 Å². The molecule has 1 aromatic heterocycles. The summed E-state index contributed by atoms with van der Waals surface area (Å²) in [5.74, 6) is 1.45. The number of carbonyl (C=O) groups excluding carboxylic acids is 1. The van der Waals surface area contributed by atoms with E-state index in [4.69, 9.17) is 0 Å². The number of hydrogen-bond donors (Lipinski definition) is 1. The minimum Gasteiger partial charge on any atom is -0.348 e. The third kappa shape index (κ3) is 4.89. The van der Waals surface area contributed by atoms with Crippen molar-refractivity contribution in [1.29, 1.82) is 0 Å². The van der Waals surface area contributed by atoms with Gasteiger partial charge in [0.1, 0.15) is 0 Å². The second-order valence-corrected chi connectivity index (χ2v) is 7.33. The molecule has 0 radical (unpaired) electrons. The van der Waals surface area contributed by atoms with Crippen molar-refractivity contribution in [1.82, 2.24) is 15.2 Å². The van der Waals surface area contributed by atoms with E-state index in [1.807, 2.05) is 6.07 Å². The van der Waals surface area contributed by atoms with Crippen LogP contribution in [0.1, 0.15) is 41.8 Å². The van der Waals surface area contributed by atoms with Crippen molar-refractivity contribution in [3.8, 4) is 0 Å². The van der Waals surface area contributed by atoms with Gasteiger partial charge in [-0.25, -0.2) is 0 Å². The number of amides is 1. The molecule has 1 saturated heterocycles. The average Bonchev–Trinajstić information content (AvgIpc) is 2.60. The molecule has 0 aliphatic carbocycles. The van der Waals surface area contributed by atoms with Gasteiger partial charge in [0.2, 0.25) is 0 Å². The Hall–Kier alpha value is -2.20. The summed E-state index contributed by atoms with van der Waals surface area (Å²) >= 11 is 0. The molecule has 2 heterocycles. The monoisotopic (exact) mass is 337 g/mol. The summed E-state index contributed by atoms with van der Waals surface area (Å²) in [6.07, 6.45) is 4.60. The van der Waals surface area contributed by atoms with E-state index < -0.39 is 0 Å². The molecule has 1 amide bonds. The van der Waals surface area contributed by atoms with E-state index >= 15 is 0 Å². The Bertz CT molecular complexity index is 691. The fourth-order valence-electron chi connectivity index (χ4n) is 3.83. The van der Waals surface area contributed by atoms with Crippen LogP contribution in [0.3, 0.4) is 0 Å². The van der Waals surface area contributed by atoms with Gasteiger partial charge in [-0.1, -0.05) is 38.1 Å². The van der Waals surface area contributed by atoms with Crippen molar-refractivity contribution in [2.75, 3.05) is 13.1 Å². The number of benzene rings is 1. The van der Waals surface area contributed by atoms with Gasteiger partial charge in [0, 0.05) is 44.1 Å². The van der Waals surface area contributed by atoms with Crippen LogP contribution in [-0.2, 0) is 13.1 Å². The summed E-state index contributed by atoms with van der Waals surface area (Å²) in [4.78, 5) is 18.8. The van der Waals surface area contributed by atoms with Crippen LogP contribution in [0, 0.1) is 11.8 Å². The van der Waals surface area contributed by atoms with Crippen LogP contribution in [0.15, 0.2) is 48.8 Å². The summed E-state index contributed by atoms with van der Waals surface area (Å²) in [5, 5.41) is 3.03. The number of rotatable bonds is 5. The maximum Gasteiger partial charge on any atom is 0.251 e. The average molecular weight is 337 g/mol. The molecule has 1 fully saturated rings. The number of likely N-dealkylation sites (tertiary alicyclic amines) is 1. The topological polar surface area (TPSA) is 45.2 Å². The molecular formula is C21H27N3O. The Morgan fingerprint density at radius 2 is 1.72 bits per heavy atom. The van der Waals surface area contributed by atoms with Gasteiger partial charge in [-0.05, 0) is 41.5 Å². The second kappa shape index (κ2) is 8.26. The SMILES string of the molecule is CC1CC(C)CN(Cc2ccccc2CNC(=O)c2ccncc2)C1. The van der Waals surface area contributed by atoms with E-state index in [0.717, 1.165) is 31.5 Å². The molecule has 2 atom stereocenters. The molecular weight excluding hydrogens is 310 g/mol. The summed E-state index contributed by atoms with van der Waals surface area (Å²) in [5.41, 5.74) is 3.14. The van der Waals surface area contributed by atoms with Crippen molar-refractivity contribution in [3.05, 3.63) is 65.5 Å². The molecule has 2 unspecified atom stereocenters. The number of nitrogens with zero attached hydrogens (tertiary/aromatic N) is 2. The van der Waals surface area contributed by atoms with Gasteiger partial charge in [0.15, 0.2) is 0 Å². The Kier molecular flexibility index (Phi) is 5.82. The minimum atomic E-state index is -0.0579. The third-order valence-corrected chi connectivity index (χ3v) is 4.84. The van der Waals surface area contributed by atoms with E-state index in [9.17, 15) is 4.79 Å². The van der Waals surface area contributed by atoms with Crippen molar-refractivity contribution < 1.29 is 4.79 Å². The lowest BCUT2D eigenvalue weighted by Gasteiger charge is -2.35. The van der Waals surface area contributed by atoms with Crippen LogP contribution in [0.5, 0.6) is 0 Å². The van der Waals surface area contributed by atoms with Crippen LogP contribution in [0.25, 0.3) is 0 Å². The first kappa shape index (κ1) is 17.6. The Morgan fingerprint density at radius 1 is 1.08 bits per heavy atom. The highest BCUT2D eigenvalue weighted by atomic mass is 16.1. The molecule has 0 spiro atoms. The highest BCUT2D eigenvalue weighted by Crippen LogP contribution is 2.23. The van der Waals surface area contributed by atoms with Gasteiger partial charge in [0.25, 0.3) is 5.91 Å². The standard InChI is InChI=1S/C21H27N3O/c1-16-11-17(2)14-24(13-16)15-20-6-4-3-5-19(20)12-23-21(25)18-7-9-22-10-8-18/h3-10,16-17H,11-15H2,1-2H3,(H,23,25). The van der Waals surface area contributed by atoms with Crippen molar-refractivity contribution >= 4 is 5.91 Å². The molecule has 132 valence electrons. The molecule has 1 aromatic carbocycles. The Balaban J connectivity index is 1.64. The molecule has 0 saturated carbocycles. The number of nitrogens with one attached hydrogen (secondary N) is 1. The molecule has 25 heavy (non-hydrogen) atoms. The zero-order chi connectivity index (χ0) is 17.6. The van der Waals surface area contributed by atoms with E-state index in [0.29, 0.717) is 12.1 Å². The van der Waals surface area contributed by atoms with Crippen LogP contribution in [0.2, 0.25) is 0 Å². The third-order valence-electron chi connectivity index (χ3n) is 4.84. The first-order valence-electron chi connectivity index (χ1n) is 9.09. The minimum absolute atomic E-state index is 0.0579. The van der Waals surface area contributed by atoms with E-state index in [2.05, 4.69) is 47.2 Å². The van der Waals surface area contributed by atoms with Gasteiger partial charge in [0.05, 0.1) is 0 Å². The quantitative estimate of drug-likeness (QED) is 0.908. The number of hydrogen-bond acceptors (Lipinski definition) is 3. The van der Waals surface area contributed by atoms with E-state index in [1.54, 1.807) is 24.5 Å². The first-order valence-corrected chi connectivity index (χ1v) is 9.09. The molecule has 4 heteroatoms. The largest absolute Gasteiger partial charge is 0.348 e. The van der Waals surface area contributed by atoms with Crippen LogP contribution < -0.4 is 5.32 Å². The zero-order valence-corrected chi connectivity index (χ0v) is 15.1. The number of aromatic nitrogens is 1. The van der Waals surface area contributed by atoms with Crippen LogP contribution in [-0.4, -0.2) is 28.9 Å². The highest BCUT2D eigenvalue weighted by molar-refractivity contribution is 5.93. The lowest BCUT2D eigenvalue weighted by atomic mass is 9.91. The number of piperidine rings is 1. The zero-order valence-electron chi connectivity index (χ0n) is 15.1. The fraction of sp³-hybridized carbons (Fsp3) is 0.429. The highest BCUT2D eigenvalue weighted by Gasteiger charge is 2.22. The lowest BCUT2D eigenvalue weighted by Crippen LogP contribution is -2.38. The molecule has 1 aliphatic rings. The Labute approximate surface area is 150 Å². The summed E-state index contributed by atoms with van der Waals surface area (Å²) in [7, 11) is 0. The first-order chi connectivity index (χ1) is 12.1. The maximum atomic E-state index is 12.3. The normalized spacial score (nSPS) is 21.0. The van der Waals surface area contributed by atoms with Crippen LogP contribution >= 0.6 is 0 Å². The molecule has 2 aromatic rings. The molecule has 3 rings (SSSR count). The van der Waals surface area contributed by atoms with Gasteiger partial charge in [-0.3, -0.25) is 14.7 Å². The van der Waals surface area contributed by atoms with Crippen LogP contribution in [0.4, 0.5) is 0 Å². The van der Waals surface area contributed by atoms with Gasteiger partial charge in [-0.2, -0.15) is 0 Å². The van der Waals surface area contributed by atoms with Crippen molar-refractivity contribution in [3.63, 3.8) is 0 Å². The van der Waals surface area contributed by atoms with Crippen molar-refractivity contribution in [2.24, 2.45) is 11.8 Å². The fourth-order valence-corrected chi connectivity index (χ4v) is 3.83. The lowest BCUT2D eigenvalue weighted by molar-refractivity contribution is 0.0950. The molecule has 4 nitrogen and oxygen atoms in total. The van der Waals surface area contributed by atoms with E-state index in [-0.39, 0.29) is 5.91 Å². The smallest absolute Gasteiger partial charge is 0.251 e. The number of pyridine rings is 1. The summed E-state index contributed by atoms with van der Waals surface area (Å²) in [6, 6.07) is 11.9. The van der Waals surface area contributed by atoms with Gasteiger partial charge in [-0.15, -0.1) is 0 Å². The maximum absolute atomic E-state index is 12.3. The Morgan fingerprint density at radius 3 is 2.40 bits per heavy atom. The molecule has 1 N–H and O–H groups in total. The van der Waals surface area contributed by atoms with Crippen molar-refractivity contribution in [2.45, 2.75) is 33.4 Å². The molecule has 0 bridgehead atoms. The number of carbonyl (C=O) groups is 1. The summed E-state index contributed by atoms with van der Waals surface area (Å²) < 4.78 is 0. The van der Waals surface area contributed by atoms with Gasteiger partial charge >= 0.3 is 0 Å². The molecule has 1 aliphatic heterocycles. The second-order valence-electron chi connectivity index (χ2n) is 7.33. The van der Waals surface area contributed by atoms with E-state index in [1.165, 1.54) is 17.5 Å². The summed E-state index contributed by atoms with van der Waals surface area (Å²) in [6.45, 7) is 8.49.